The maximum Gasteiger partial charge on any atom is 0.223 e. The molecule has 0 amide bonds. The van der Waals surface area contributed by atoms with Crippen LogP contribution in [0.4, 0.5) is 10.3 Å². The first-order chi connectivity index (χ1) is 17.0. The summed E-state index contributed by atoms with van der Waals surface area (Å²) in [5.74, 6) is -0.406. The number of rotatable bonds is 5. The Morgan fingerprint density at radius 1 is 1.36 bits per heavy atom. The lowest BCUT2D eigenvalue weighted by Crippen LogP contribution is -2.48. The summed E-state index contributed by atoms with van der Waals surface area (Å²) in [7, 11) is 0. The van der Waals surface area contributed by atoms with Gasteiger partial charge >= 0.3 is 0 Å². The summed E-state index contributed by atoms with van der Waals surface area (Å²) >= 11 is 6.44. The van der Waals surface area contributed by atoms with Crippen molar-refractivity contribution in [3.8, 4) is 17.3 Å². The molecule has 2 aliphatic rings. The highest BCUT2D eigenvalue weighted by Gasteiger charge is 2.43. The molecule has 9 nitrogen and oxygen atoms in total. The maximum atomic E-state index is 15.6. The number of aliphatic hydroxyl groups excluding tert-OH is 1. The largest absolute Gasteiger partial charge is 0.388 e. The summed E-state index contributed by atoms with van der Waals surface area (Å²) in [6.07, 6.45) is 0.197. The van der Waals surface area contributed by atoms with Crippen molar-refractivity contribution < 1.29 is 24.1 Å². The normalized spacial score (nSPS) is 23.9. The van der Waals surface area contributed by atoms with Gasteiger partial charge in [0.1, 0.15) is 29.7 Å². The first kappa shape index (κ1) is 24.9. The molecular formula is C25H27ClFN5O4. The van der Waals surface area contributed by atoms with E-state index in [1.54, 1.807) is 24.5 Å². The first-order valence-corrected chi connectivity index (χ1v) is 12.1. The number of ether oxygens (including phenoxy) is 2. The van der Waals surface area contributed by atoms with Gasteiger partial charge < -0.3 is 29.6 Å². The van der Waals surface area contributed by atoms with E-state index in [4.69, 9.17) is 21.1 Å². The topological polar surface area (TPSA) is 125 Å². The fourth-order valence-electron chi connectivity index (χ4n) is 5.11. The van der Waals surface area contributed by atoms with Crippen molar-refractivity contribution in [3.05, 3.63) is 40.4 Å². The van der Waals surface area contributed by atoms with Gasteiger partial charge in [-0.3, -0.25) is 0 Å². The standard InChI is InChI=1S/C25H27ClFN5O4/c1-11(2)32-17-6-12(5-15(27)20(17)13(8-28)23(32)25(3,4)34)21-14(26)9-29-24(31-21)30-16-7-19-35-10-18(36-19)22(16)33/h5-6,9,11,16,18-19,22,33-34H,7,10H2,1-4H3,(H,29,30,31)/t16-,18+,19+,22+/m1/s1. The SMILES string of the molecule is CC(C)n1c(C(C)(C)O)c(C#N)c2c(F)cc(-c3nc(N[C@@H]4C[C@H]5OC[C@H](O5)[C@H]4O)ncc3Cl)cc21. The minimum atomic E-state index is -1.38. The molecule has 4 heterocycles. The fourth-order valence-corrected chi connectivity index (χ4v) is 5.31. The number of benzene rings is 1. The van der Waals surface area contributed by atoms with E-state index < -0.39 is 36.0 Å². The van der Waals surface area contributed by atoms with Gasteiger partial charge in [0, 0.05) is 18.0 Å². The van der Waals surface area contributed by atoms with Crippen LogP contribution in [0.5, 0.6) is 0 Å². The van der Waals surface area contributed by atoms with Gasteiger partial charge in [-0.05, 0) is 39.8 Å². The monoisotopic (exact) mass is 515 g/mol. The van der Waals surface area contributed by atoms with Gasteiger partial charge in [-0.15, -0.1) is 0 Å². The number of hydrogen-bond donors (Lipinski definition) is 3. The lowest BCUT2D eigenvalue weighted by Gasteiger charge is -2.32. The van der Waals surface area contributed by atoms with Crippen LogP contribution in [0.1, 0.15) is 51.4 Å². The quantitative estimate of drug-likeness (QED) is 0.468. The van der Waals surface area contributed by atoms with Crippen molar-refractivity contribution in [2.24, 2.45) is 0 Å². The zero-order valence-electron chi connectivity index (χ0n) is 20.3. The number of nitriles is 1. The van der Waals surface area contributed by atoms with Gasteiger partial charge in [0.2, 0.25) is 5.95 Å². The van der Waals surface area contributed by atoms with Gasteiger partial charge in [-0.1, -0.05) is 11.6 Å². The molecule has 2 saturated heterocycles. The summed E-state index contributed by atoms with van der Waals surface area (Å²) in [5, 5.41) is 34.7. The van der Waals surface area contributed by atoms with Crippen LogP contribution in [0.2, 0.25) is 5.02 Å². The molecule has 0 saturated carbocycles. The highest BCUT2D eigenvalue weighted by Crippen LogP contribution is 2.40. The Balaban J connectivity index is 1.61. The molecule has 4 atom stereocenters. The van der Waals surface area contributed by atoms with E-state index in [9.17, 15) is 15.5 Å². The van der Waals surface area contributed by atoms with Crippen molar-refractivity contribution in [1.82, 2.24) is 14.5 Å². The number of halogens is 2. The van der Waals surface area contributed by atoms with E-state index in [-0.39, 0.29) is 33.7 Å². The third kappa shape index (κ3) is 4.11. The summed E-state index contributed by atoms with van der Waals surface area (Å²) in [4.78, 5) is 8.76. The Kier molecular flexibility index (Phi) is 6.17. The van der Waals surface area contributed by atoms with Crippen LogP contribution in [0.3, 0.4) is 0 Å². The molecule has 2 fully saturated rings. The number of nitrogens with one attached hydrogen (secondary N) is 1. The van der Waals surface area contributed by atoms with E-state index in [0.717, 1.165) is 0 Å². The van der Waals surface area contributed by atoms with Crippen LogP contribution in [-0.4, -0.2) is 55.9 Å². The summed E-state index contributed by atoms with van der Waals surface area (Å²) in [5.41, 5.74) is 0.182. The van der Waals surface area contributed by atoms with Crippen LogP contribution in [0.25, 0.3) is 22.2 Å². The summed E-state index contributed by atoms with van der Waals surface area (Å²) in [6, 6.07) is 4.50. The van der Waals surface area contributed by atoms with Gasteiger partial charge in [-0.2, -0.15) is 5.26 Å². The molecule has 2 bridgehead atoms. The van der Waals surface area contributed by atoms with E-state index in [1.807, 2.05) is 13.8 Å². The molecule has 1 aromatic carbocycles. The fraction of sp³-hybridized carbons (Fsp3) is 0.480. The molecule has 36 heavy (non-hydrogen) atoms. The highest BCUT2D eigenvalue weighted by molar-refractivity contribution is 6.33. The lowest BCUT2D eigenvalue weighted by molar-refractivity contribution is -0.123. The molecule has 5 rings (SSSR count). The van der Waals surface area contributed by atoms with Crippen LogP contribution >= 0.6 is 11.6 Å². The number of anilines is 1. The number of hydrogen-bond acceptors (Lipinski definition) is 8. The second-order valence-corrected chi connectivity index (χ2v) is 10.4. The van der Waals surface area contributed by atoms with Crippen LogP contribution < -0.4 is 5.32 Å². The zero-order chi connectivity index (χ0) is 25.9. The molecule has 2 aliphatic heterocycles. The van der Waals surface area contributed by atoms with E-state index >= 15 is 4.39 Å². The molecule has 0 aliphatic carbocycles. The molecule has 3 N–H and O–H groups in total. The second kappa shape index (κ2) is 8.94. The molecule has 190 valence electrons. The number of aromatic nitrogens is 3. The predicted molar refractivity (Wildman–Crippen MR) is 131 cm³/mol. The van der Waals surface area contributed by atoms with Gasteiger partial charge in [-0.25, -0.2) is 14.4 Å². The van der Waals surface area contributed by atoms with Crippen molar-refractivity contribution in [2.75, 3.05) is 11.9 Å². The number of fused-ring (bicyclic) bond motifs is 3. The Bertz CT molecular complexity index is 1380. The first-order valence-electron chi connectivity index (χ1n) is 11.7. The van der Waals surface area contributed by atoms with E-state index in [1.165, 1.54) is 12.3 Å². The van der Waals surface area contributed by atoms with Crippen molar-refractivity contribution in [3.63, 3.8) is 0 Å². The summed E-state index contributed by atoms with van der Waals surface area (Å²) < 4.78 is 28.4. The lowest BCUT2D eigenvalue weighted by atomic mass is 9.99. The predicted octanol–water partition coefficient (Wildman–Crippen LogP) is 3.86. The van der Waals surface area contributed by atoms with Crippen LogP contribution in [-0.2, 0) is 15.1 Å². The number of aliphatic hydroxyl groups is 2. The van der Waals surface area contributed by atoms with E-state index in [0.29, 0.717) is 29.8 Å². The van der Waals surface area contributed by atoms with Crippen molar-refractivity contribution in [1.29, 1.82) is 5.26 Å². The molecule has 0 unspecified atom stereocenters. The molecule has 0 radical (unpaired) electrons. The molecule has 3 aromatic rings. The molecule has 11 heteroatoms. The van der Waals surface area contributed by atoms with Crippen molar-refractivity contribution >= 4 is 28.5 Å². The van der Waals surface area contributed by atoms with Crippen LogP contribution in [0, 0.1) is 17.1 Å². The highest BCUT2D eigenvalue weighted by atomic mass is 35.5. The van der Waals surface area contributed by atoms with Crippen LogP contribution in [0.15, 0.2) is 18.3 Å². The Morgan fingerprint density at radius 3 is 2.78 bits per heavy atom. The average molecular weight is 516 g/mol. The number of nitrogens with zero attached hydrogens (tertiary/aromatic N) is 4. The van der Waals surface area contributed by atoms with E-state index in [2.05, 4.69) is 21.4 Å². The summed E-state index contributed by atoms with van der Waals surface area (Å²) in [6.45, 7) is 7.26. The smallest absolute Gasteiger partial charge is 0.223 e. The second-order valence-electron chi connectivity index (χ2n) is 10.0. The molecule has 2 aromatic heterocycles. The Morgan fingerprint density at radius 2 is 2.11 bits per heavy atom. The Labute approximate surface area is 212 Å². The molecular weight excluding hydrogens is 489 g/mol. The average Bonchev–Trinajstić information content (AvgIpc) is 3.38. The maximum absolute atomic E-state index is 15.6. The zero-order valence-corrected chi connectivity index (χ0v) is 21.0. The van der Waals surface area contributed by atoms with Gasteiger partial charge in [0.05, 0.1) is 51.7 Å². The third-order valence-corrected chi connectivity index (χ3v) is 6.89. The molecule has 0 spiro atoms. The third-order valence-electron chi connectivity index (χ3n) is 6.61. The van der Waals surface area contributed by atoms with Crippen molar-refractivity contribution in [2.45, 2.75) is 70.3 Å². The minimum Gasteiger partial charge on any atom is -0.388 e. The van der Waals surface area contributed by atoms with Gasteiger partial charge in [0.25, 0.3) is 0 Å². The van der Waals surface area contributed by atoms with Gasteiger partial charge in [0.15, 0.2) is 6.29 Å². The minimum absolute atomic E-state index is 0.0942. The Hall–Kier alpha value is -2.81.